The zero-order valence-electron chi connectivity index (χ0n) is 16.6. The minimum absolute atomic E-state index is 0.483. The first kappa shape index (κ1) is 21.7. The van der Waals surface area contributed by atoms with Gasteiger partial charge in [0.1, 0.15) is 11.8 Å². The SMILES string of the molecule is CCOc1ccc(NC(=O)[C@H](C)OC(=O)[C@H](C)NC(=O)Nc2ccccc2)cc1. The largest absolute Gasteiger partial charge is 0.494 e. The molecule has 2 aromatic rings. The number of benzene rings is 2. The van der Waals surface area contributed by atoms with Gasteiger partial charge in [-0.15, -0.1) is 0 Å². The van der Waals surface area contributed by atoms with Crippen molar-refractivity contribution in [1.29, 1.82) is 0 Å². The summed E-state index contributed by atoms with van der Waals surface area (Å²) in [5.74, 6) is -0.510. The van der Waals surface area contributed by atoms with Crippen molar-refractivity contribution in [2.45, 2.75) is 32.9 Å². The Bertz CT molecular complexity index is 824. The summed E-state index contributed by atoms with van der Waals surface area (Å²) < 4.78 is 10.5. The van der Waals surface area contributed by atoms with Crippen LogP contribution in [0.3, 0.4) is 0 Å². The second-order valence-corrected chi connectivity index (χ2v) is 6.21. The standard InChI is InChI=1S/C21H25N3O5/c1-4-28-18-12-10-17(11-13-18)23-19(25)15(3)29-20(26)14(2)22-21(27)24-16-8-6-5-7-9-16/h5-15H,4H2,1-3H3,(H,23,25)(H2,22,24,27)/t14-,15-/m0/s1. The second-order valence-electron chi connectivity index (χ2n) is 6.21. The molecule has 2 aromatic carbocycles. The molecule has 0 heterocycles. The predicted octanol–water partition coefficient (Wildman–Crippen LogP) is 3.17. The van der Waals surface area contributed by atoms with Crippen molar-refractivity contribution >= 4 is 29.3 Å². The molecule has 2 atom stereocenters. The first-order chi connectivity index (χ1) is 13.9. The van der Waals surface area contributed by atoms with Crippen LogP contribution in [0.1, 0.15) is 20.8 Å². The lowest BCUT2D eigenvalue weighted by Crippen LogP contribution is -2.44. The van der Waals surface area contributed by atoms with Gasteiger partial charge in [-0.1, -0.05) is 18.2 Å². The topological polar surface area (TPSA) is 106 Å². The van der Waals surface area contributed by atoms with E-state index in [2.05, 4.69) is 16.0 Å². The predicted molar refractivity (Wildman–Crippen MR) is 110 cm³/mol. The lowest BCUT2D eigenvalue weighted by molar-refractivity contribution is -0.154. The van der Waals surface area contributed by atoms with Gasteiger partial charge < -0.3 is 25.4 Å². The van der Waals surface area contributed by atoms with E-state index in [1.165, 1.54) is 13.8 Å². The van der Waals surface area contributed by atoms with Crippen LogP contribution in [0.5, 0.6) is 5.75 Å². The molecule has 8 heteroatoms. The van der Waals surface area contributed by atoms with Gasteiger partial charge in [-0.3, -0.25) is 4.79 Å². The van der Waals surface area contributed by atoms with Gasteiger partial charge >= 0.3 is 12.0 Å². The zero-order valence-corrected chi connectivity index (χ0v) is 16.6. The number of ether oxygens (including phenoxy) is 2. The highest BCUT2D eigenvalue weighted by atomic mass is 16.5. The normalized spacial score (nSPS) is 12.2. The summed E-state index contributed by atoms with van der Waals surface area (Å²) in [6, 6.07) is 14.2. The third kappa shape index (κ3) is 7.17. The second kappa shape index (κ2) is 10.7. The molecule has 0 saturated carbocycles. The number of carbonyl (C=O) groups excluding carboxylic acids is 3. The van der Waals surface area contributed by atoms with Crippen LogP contribution in [0.25, 0.3) is 0 Å². The van der Waals surface area contributed by atoms with Crippen LogP contribution in [0.4, 0.5) is 16.2 Å². The fraction of sp³-hybridized carbons (Fsp3) is 0.286. The maximum absolute atomic E-state index is 12.2. The molecule has 154 valence electrons. The van der Waals surface area contributed by atoms with E-state index >= 15 is 0 Å². The van der Waals surface area contributed by atoms with Crippen LogP contribution in [0.2, 0.25) is 0 Å². The summed E-state index contributed by atoms with van der Waals surface area (Å²) in [6.07, 6.45) is -1.03. The molecule has 0 unspecified atom stereocenters. The summed E-state index contributed by atoms with van der Waals surface area (Å²) in [5.41, 5.74) is 1.14. The first-order valence-electron chi connectivity index (χ1n) is 9.25. The number of esters is 1. The highest BCUT2D eigenvalue weighted by molar-refractivity contribution is 5.96. The van der Waals surface area contributed by atoms with Crippen molar-refractivity contribution < 1.29 is 23.9 Å². The molecule has 29 heavy (non-hydrogen) atoms. The van der Waals surface area contributed by atoms with E-state index < -0.39 is 30.1 Å². The van der Waals surface area contributed by atoms with Crippen LogP contribution in [0, 0.1) is 0 Å². The summed E-state index contributed by atoms with van der Waals surface area (Å²) in [7, 11) is 0. The summed E-state index contributed by atoms with van der Waals surface area (Å²) in [5, 5.41) is 7.73. The molecule has 3 amide bonds. The van der Waals surface area contributed by atoms with Crippen LogP contribution in [-0.2, 0) is 14.3 Å². The van der Waals surface area contributed by atoms with Crippen molar-refractivity contribution in [2.75, 3.05) is 17.2 Å². The van der Waals surface area contributed by atoms with Crippen molar-refractivity contribution in [3.8, 4) is 5.75 Å². The lowest BCUT2D eigenvalue weighted by Gasteiger charge is -2.18. The summed E-state index contributed by atoms with van der Waals surface area (Å²) in [6.45, 7) is 5.36. The van der Waals surface area contributed by atoms with E-state index in [0.717, 1.165) is 0 Å². The lowest BCUT2D eigenvalue weighted by atomic mass is 10.2. The van der Waals surface area contributed by atoms with Crippen LogP contribution in [-0.4, -0.2) is 36.7 Å². The van der Waals surface area contributed by atoms with E-state index in [0.29, 0.717) is 23.7 Å². The fourth-order valence-electron chi connectivity index (χ4n) is 2.32. The van der Waals surface area contributed by atoms with Crippen LogP contribution >= 0.6 is 0 Å². The van der Waals surface area contributed by atoms with Crippen LogP contribution < -0.4 is 20.7 Å². The Morgan fingerprint density at radius 1 is 0.897 bits per heavy atom. The molecular weight excluding hydrogens is 374 g/mol. The minimum Gasteiger partial charge on any atom is -0.494 e. The third-order valence-corrected chi connectivity index (χ3v) is 3.83. The summed E-state index contributed by atoms with van der Waals surface area (Å²) in [4.78, 5) is 36.3. The molecule has 0 aliphatic heterocycles. The molecule has 0 fully saturated rings. The number of para-hydroxylation sites is 1. The molecule has 8 nitrogen and oxygen atoms in total. The van der Waals surface area contributed by atoms with Gasteiger partial charge in [0.2, 0.25) is 0 Å². The van der Waals surface area contributed by atoms with Gasteiger partial charge in [0, 0.05) is 11.4 Å². The molecule has 0 spiro atoms. The van der Waals surface area contributed by atoms with Gasteiger partial charge in [-0.05, 0) is 57.2 Å². The maximum Gasteiger partial charge on any atom is 0.329 e. The van der Waals surface area contributed by atoms with Gasteiger partial charge in [0.05, 0.1) is 6.61 Å². The van der Waals surface area contributed by atoms with E-state index in [1.807, 2.05) is 13.0 Å². The highest BCUT2D eigenvalue weighted by Gasteiger charge is 2.23. The molecule has 0 aromatic heterocycles. The van der Waals surface area contributed by atoms with Crippen molar-refractivity contribution in [1.82, 2.24) is 5.32 Å². The Labute approximate surface area is 169 Å². The Morgan fingerprint density at radius 2 is 1.52 bits per heavy atom. The van der Waals surface area contributed by atoms with E-state index in [4.69, 9.17) is 9.47 Å². The van der Waals surface area contributed by atoms with Crippen molar-refractivity contribution in [3.63, 3.8) is 0 Å². The maximum atomic E-state index is 12.2. The Balaban J connectivity index is 1.80. The van der Waals surface area contributed by atoms with Crippen molar-refractivity contribution in [2.24, 2.45) is 0 Å². The Morgan fingerprint density at radius 3 is 2.14 bits per heavy atom. The smallest absolute Gasteiger partial charge is 0.329 e. The quantitative estimate of drug-likeness (QED) is 0.591. The molecule has 0 radical (unpaired) electrons. The number of amides is 3. The highest BCUT2D eigenvalue weighted by Crippen LogP contribution is 2.16. The van der Waals surface area contributed by atoms with Crippen molar-refractivity contribution in [3.05, 3.63) is 54.6 Å². The Hall–Kier alpha value is -3.55. The van der Waals surface area contributed by atoms with E-state index in [9.17, 15) is 14.4 Å². The van der Waals surface area contributed by atoms with Gasteiger partial charge in [0.25, 0.3) is 5.91 Å². The molecule has 3 N–H and O–H groups in total. The molecule has 2 rings (SSSR count). The van der Waals surface area contributed by atoms with Gasteiger partial charge in [-0.2, -0.15) is 0 Å². The van der Waals surface area contributed by atoms with E-state index in [-0.39, 0.29) is 0 Å². The van der Waals surface area contributed by atoms with Crippen LogP contribution in [0.15, 0.2) is 54.6 Å². The number of hydrogen-bond donors (Lipinski definition) is 3. The minimum atomic E-state index is -1.03. The number of nitrogens with one attached hydrogen (secondary N) is 3. The number of urea groups is 1. The van der Waals surface area contributed by atoms with Gasteiger partial charge in [0.15, 0.2) is 6.10 Å². The number of rotatable bonds is 8. The molecule has 0 aliphatic carbocycles. The molecule has 0 saturated heterocycles. The molecule has 0 bridgehead atoms. The zero-order chi connectivity index (χ0) is 21.2. The van der Waals surface area contributed by atoms with Gasteiger partial charge in [-0.25, -0.2) is 9.59 Å². The summed E-state index contributed by atoms with van der Waals surface area (Å²) >= 11 is 0. The molecular formula is C21H25N3O5. The Kier molecular flexibility index (Phi) is 8.02. The average Bonchev–Trinajstić information content (AvgIpc) is 2.70. The fourth-order valence-corrected chi connectivity index (χ4v) is 2.32. The monoisotopic (exact) mass is 399 g/mol. The van der Waals surface area contributed by atoms with E-state index in [1.54, 1.807) is 48.5 Å². The number of carbonyl (C=O) groups is 3. The number of anilines is 2. The number of hydrogen-bond acceptors (Lipinski definition) is 5. The molecule has 0 aliphatic rings. The third-order valence-electron chi connectivity index (χ3n) is 3.83. The first-order valence-corrected chi connectivity index (χ1v) is 9.25. The average molecular weight is 399 g/mol.